The molecule has 0 N–H and O–H groups in total. The largest absolute Gasteiger partial charge is 0.463 e. The monoisotopic (exact) mass is 352 g/mol. The summed E-state index contributed by atoms with van der Waals surface area (Å²) in [5.74, 6) is 0.250. The Morgan fingerprint density at radius 1 is 1.19 bits per heavy atom. The molecular weight excluding hydrogens is 328 g/mol. The molecule has 26 heavy (non-hydrogen) atoms. The van der Waals surface area contributed by atoms with Gasteiger partial charge in [-0.3, -0.25) is 0 Å². The van der Waals surface area contributed by atoms with E-state index in [1.807, 2.05) is 67.4 Å². The maximum atomic E-state index is 11.8. The molecule has 5 heteroatoms. The molecular formula is C21H24N2O3. The normalized spacial score (nSPS) is 11.5. The van der Waals surface area contributed by atoms with E-state index in [1.54, 1.807) is 19.3 Å². The third-order valence-corrected chi connectivity index (χ3v) is 3.84. The molecule has 0 atom stereocenters. The van der Waals surface area contributed by atoms with Gasteiger partial charge in [0.25, 0.3) is 0 Å². The third-order valence-electron chi connectivity index (χ3n) is 3.84. The van der Waals surface area contributed by atoms with E-state index in [1.165, 1.54) is 7.11 Å². The number of esters is 1. The number of allylic oxidation sites excluding steroid dienone is 1. The van der Waals surface area contributed by atoms with E-state index in [-0.39, 0.29) is 5.76 Å². The van der Waals surface area contributed by atoms with Gasteiger partial charge in [0.05, 0.1) is 19.1 Å². The van der Waals surface area contributed by atoms with E-state index in [9.17, 15) is 4.79 Å². The minimum Gasteiger partial charge on any atom is -0.463 e. The summed E-state index contributed by atoms with van der Waals surface area (Å²) in [5, 5.41) is 0. The first kappa shape index (κ1) is 19.2. The third kappa shape index (κ3) is 4.96. The van der Waals surface area contributed by atoms with Crippen LogP contribution in [-0.4, -0.2) is 26.5 Å². The van der Waals surface area contributed by atoms with Gasteiger partial charge in [0.2, 0.25) is 5.76 Å². The fourth-order valence-electron chi connectivity index (χ4n) is 2.33. The van der Waals surface area contributed by atoms with Crippen LogP contribution in [0.15, 0.2) is 65.4 Å². The molecule has 0 fully saturated rings. The molecule has 0 aliphatic rings. The van der Waals surface area contributed by atoms with Crippen LogP contribution in [-0.2, 0) is 16.0 Å². The SMILES string of the molecule is C/C=C(\Oc1cc(N=CN(C)c2ccccc2)ccc1CC)C(=O)OC. The first-order valence-corrected chi connectivity index (χ1v) is 8.46. The Labute approximate surface area is 154 Å². The number of ether oxygens (including phenoxy) is 2. The van der Waals surface area contributed by atoms with Crippen LogP contribution in [0.3, 0.4) is 0 Å². The van der Waals surface area contributed by atoms with Gasteiger partial charge in [-0.2, -0.15) is 0 Å². The van der Waals surface area contributed by atoms with Crippen molar-refractivity contribution in [3.63, 3.8) is 0 Å². The van der Waals surface area contributed by atoms with Crippen LogP contribution in [0.1, 0.15) is 19.4 Å². The fraction of sp³-hybridized carbons (Fsp3) is 0.238. The molecule has 0 heterocycles. The average Bonchev–Trinajstić information content (AvgIpc) is 2.70. The second-order valence-electron chi connectivity index (χ2n) is 5.58. The zero-order valence-electron chi connectivity index (χ0n) is 15.6. The van der Waals surface area contributed by atoms with Gasteiger partial charge in [-0.1, -0.05) is 31.2 Å². The molecule has 0 radical (unpaired) electrons. The lowest BCUT2D eigenvalue weighted by Crippen LogP contribution is -2.13. The number of hydrogen-bond donors (Lipinski definition) is 0. The Kier molecular flexibility index (Phi) is 6.97. The molecule has 0 amide bonds. The highest BCUT2D eigenvalue weighted by molar-refractivity contribution is 5.86. The lowest BCUT2D eigenvalue weighted by Gasteiger charge is -2.14. The van der Waals surface area contributed by atoms with Crippen molar-refractivity contribution in [2.45, 2.75) is 20.3 Å². The zero-order chi connectivity index (χ0) is 18.9. The minimum atomic E-state index is -0.507. The Bertz CT molecular complexity index is 798. The van der Waals surface area contributed by atoms with E-state index in [0.717, 1.165) is 23.4 Å². The molecule has 0 unspecified atom stereocenters. The van der Waals surface area contributed by atoms with Gasteiger partial charge in [0, 0.05) is 18.8 Å². The number of benzene rings is 2. The minimum absolute atomic E-state index is 0.157. The molecule has 0 saturated carbocycles. The van der Waals surface area contributed by atoms with Crippen molar-refractivity contribution in [2.24, 2.45) is 4.99 Å². The van der Waals surface area contributed by atoms with Crippen LogP contribution in [0, 0.1) is 0 Å². The average molecular weight is 352 g/mol. The van der Waals surface area contributed by atoms with Crippen molar-refractivity contribution in [3.8, 4) is 5.75 Å². The molecule has 2 aromatic rings. The number of para-hydroxylation sites is 1. The van der Waals surface area contributed by atoms with E-state index in [4.69, 9.17) is 9.47 Å². The van der Waals surface area contributed by atoms with Crippen molar-refractivity contribution >= 4 is 23.7 Å². The van der Waals surface area contributed by atoms with Crippen molar-refractivity contribution in [3.05, 3.63) is 65.9 Å². The Hall–Kier alpha value is -3.08. The van der Waals surface area contributed by atoms with Gasteiger partial charge in [-0.25, -0.2) is 9.79 Å². The van der Waals surface area contributed by atoms with E-state index in [2.05, 4.69) is 4.99 Å². The Morgan fingerprint density at radius 3 is 2.54 bits per heavy atom. The maximum Gasteiger partial charge on any atom is 0.373 e. The van der Waals surface area contributed by atoms with Gasteiger partial charge in [-0.05, 0) is 43.2 Å². The number of methoxy groups -OCH3 is 1. The lowest BCUT2D eigenvalue weighted by molar-refractivity contribution is -0.138. The second-order valence-corrected chi connectivity index (χ2v) is 5.58. The number of carbonyl (C=O) groups is 1. The molecule has 0 aromatic heterocycles. The summed E-state index contributed by atoms with van der Waals surface area (Å²) in [4.78, 5) is 18.2. The highest BCUT2D eigenvalue weighted by Crippen LogP contribution is 2.27. The molecule has 136 valence electrons. The van der Waals surface area contributed by atoms with E-state index >= 15 is 0 Å². The van der Waals surface area contributed by atoms with Gasteiger partial charge in [0.15, 0.2) is 0 Å². The molecule has 0 spiro atoms. The highest BCUT2D eigenvalue weighted by atomic mass is 16.6. The van der Waals surface area contributed by atoms with E-state index in [0.29, 0.717) is 5.75 Å². The van der Waals surface area contributed by atoms with Gasteiger partial charge < -0.3 is 14.4 Å². The molecule has 2 aromatic carbocycles. The molecule has 0 aliphatic heterocycles. The summed E-state index contributed by atoms with van der Waals surface area (Å²) in [7, 11) is 3.27. The first-order valence-electron chi connectivity index (χ1n) is 8.46. The van der Waals surface area contributed by atoms with Crippen LogP contribution < -0.4 is 9.64 Å². The highest BCUT2D eigenvalue weighted by Gasteiger charge is 2.13. The summed E-state index contributed by atoms with van der Waals surface area (Å²) in [6, 6.07) is 15.6. The van der Waals surface area contributed by atoms with Gasteiger partial charge in [-0.15, -0.1) is 0 Å². The smallest absolute Gasteiger partial charge is 0.373 e. The number of rotatable bonds is 7. The first-order chi connectivity index (χ1) is 12.6. The number of aryl methyl sites for hydroxylation is 1. The van der Waals surface area contributed by atoms with Crippen molar-refractivity contribution in [2.75, 3.05) is 19.1 Å². The number of carbonyl (C=O) groups excluding carboxylic acids is 1. The number of nitrogens with zero attached hydrogens (tertiary/aromatic N) is 2. The summed E-state index contributed by atoms with van der Waals surface area (Å²) in [5.41, 5.74) is 2.77. The lowest BCUT2D eigenvalue weighted by atomic mass is 10.1. The maximum absolute atomic E-state index is 11.8. The summed E-state index contributed by atoms with van der Waals surface area (Å²) >= 11 is 0. The predicted molar refractivity (Wildman–Crippen MR) is 105 cm³/mol. The second kappa shape index (κ2) is 9.42. The fourth-order valence-corrected chi connectivity index (χ4v) is 2.33. The van der Waals surface area contributed by atoms with Crippen molar-refractivity contribution in [1.82, 2.24) is 0 Å². The topological polar surface area (TPSA) is 51.1 Å². The van der Waals surface area contributed by atoms with Crippen LogP contribution in [0.25, 0.3) is 0 Å². The van der Waals surface area contributed by atoms with E-state index < -0.39 is 5.97 Å². The van der Waals surface area contributed by atoms with Gasteiger partial charge in [0.1, 0.15) is 5.75 Å². The molecule has 5 nitrogen and oxygen atoms in total. The van der Waals surface area contributed by atoms with Crippen molar-refractivity contribution in [1.29, 1.82) is 0 Å². The van der Waals surface area contributed by atoms with Crippen molar-refractivity contribution < 1.29 is 14.3 Å². The number of aliphatic imine (C=N–C) groups is 1. The summed E-state index contributed by atoms with van der Waals surface area (Å²) in [6.07, 6.45) is 4.11. The number of hydrogen-bond acceptors (Lipinski definition) is 4. The predicted octanol–water partition coefficient (Wildman–Crippen LogP) is 4.50. The molecule has 0 saturated heterocycles. The Morgan fingerprint density at radius 2 is 1.92 bits per heavy atom. The molecule has 2 rings (SSSR count). The quantitative estimate of drug-likeness (QED) is 0.242. The zero-order valence-corrected chi connectivity index (χ0v) is 15.6. The van der Waals surface area contributed by atoms with Gasteiger partial charge >= 0.3 is 5.97 Å². The summed E-state index contributed by atoms with van der Waals surface area (Å²) in [6.45, 7) is 3.76. The van der Waals surface area contributed by atoms with Crippen LogP contribution in [0.2, 0.25) is 0 Å². The molecule has 0 aliphatic carbocycles. The molecule has 0 bridgehead atoms. The summed E-state index contributed by atoms with van der Waals surface area (Å²) < 4.78 is 10.5. The standard InChI is InChI=1S/C21H24N2O3/c1-5-16-12-13-17(14-20(16)26-19(6-2)21(24)25-4)22-15-23(3)18-10-8-7-9-11-18/h6-15H,5H2,1-4H3/b19-6-,22-15?. The van der Waals surface area contributed by atoms with Crippen LogP contribution in [0.5, 0.6) is 5.75 Å². The van der Waals surface area contributed by atoms with Crippen LogP contribution >= 0.6 is 0 Å². The number of anilines is 1. The van der Waals surface area contributed by atoms with Crippen LogP contribution in [0.4, 0.5) is 11.4 Å². The Balaban J connectivity index is 2.23.